The van der Waals surface area contributed by atoms with Gasteiger partial charge in [-0.15, -0.1) is 0 Å². The molecule has 0 radical (unpaired) electrons. The van der Waals surface area contributed by atoms with Gasteiger partial charge in [0.25, 0.3) is 5.91 Å². The van der Waals surface area contributed by atoms with Crippen molar-refractivity contribution in [3.8, 4) is 0 Å². The van der Waals surface area contributed by atoms with E-state index in [9.17, 15) is 19.2 Å². The summed E-state index contributed by atoms with van der Waals surface area (Å²) in [5, 5.41) is 7.33. The third-order valence-electron chi connectivity index (χ3n) is 5.14. The number of imide groups is 2. The number of amides is 6. The van der Waals surface area contributed by atoms with Crippen LogP contribution in [0.3, 0.4) is 0 Å². The van der Waals surface area contributed by atoms with Crippen molar-refractivity contribution in [2.24, 2.45) is 0 Å². The topological polar surface area (TPSA) is 108 Å². The number of nitrogens with one attached hydrogen (secondary N) is 3. The van der Waals surface area contributed by atoms with E-state index in [-0.39, 0.29) is 0 Å². The summed E-state index contributed by atoms with van der Waals surface area (Å²) in [7, 11) is 0. The summed E-state index contributed by atoms with van der Waals surface area (Å²) in [6.45, 7) is 5.37. The maximum absolute atomic E-state index is 13.5. The van der Waals surface area contributed by atoms with E-state index in [1.807, 2.05) is 32.0 Å². The lowest BCUT2D eigenvalue weighted by molar-refractivity contribution is -0.134. The number of benzene rings is 2. The lowest BCUT2D eigenvalue weighted by atomic mass is 9.81. The van der Waals surface area contributed by atoms with E-state index in [0.717, 1.165) is 16.0 Å². The van der Waals surface area contributed by atoms with Crippen LogP contribution in [0.25, 0.3) is 0 Å². The highest BCUT2D eigenvalue weighted by Crippen LogP contribution is 2.36. The van der Waals surface area contributed by atoms with Crippen LogP contribution in [0.2, 0.25) is 0 Å². The number of hydrogen-bond acceptors (Lipinski definition) is 4. The molecule has 0 aromatic heterocycles. The first-order valence-electron chi connectivity index (χ1n) is 9.64. The van der Waals surface area contributed by atoms with Gasteiger partial charge in [-0.2, -0.15) is 0 Å². The Morgan fingerprint density at radius 1 is 1.00 bits per heavy atom. The Kier molecular flexibility index (Phi) is 5.86. The van der Waals surface area contributed by atoms with E-state index < -0.39 is 36.0 Å². The number of carbonyl (C=O) groups is 4. The summed E-state index contributed by atoms with van der Waals surface area (Å²) in [5.74, 6) is -1.33. The van der Waals surface area contributed by atoms with Crippen LogP contribution >= 0.6 is 0 Å². The second-order valence-corrected chi connectivity index (χ2v) is 7.14. The van der Waals surface area contributed by atoms with E-state index >= 15 is 0 Å². The lowest BCUT2D eigenvalue weighted by Gasteiger charge is -2.28. The monoisotopic (exact) mass is 408 g/mol. The number of carbonyl (C=O) groups excluding carboxylic acids is 4. The van der Waals surface area contributed by atoms with Crippen LogP contribution in [-0.4, -0.2) is 41.9 Å². The van der Waals surface area contributed by atoms with Crippen LogP contribution in [0.5, 0.6) is 0 Å². The zero-order valence-corrected chi connectivity index (χ0v) is 17.1. The van der Waals surface area contributed by atoms with Gasteiger partial charge in [-0.3, -0.25) is 19.8 Å². The maximum atomic E-state index is 13.5. The van der Waals surface area contributed by atoms with Gasteiger partial charge in [0.1, 0.15) is 6.54 Å². The molecule has 0 aliphatic carbocycles. The highest BCUT2D eigenvalue weighted by Gasteiger charge is 2.54. The molecule has 8 nitrogen and oxygen atoms in total. The average Bonchev–Trinajstić information content (AvgIpc) is 2.96. The van der Waals surface area contributed by atoms with Gasteiger partial charge >= 0.3 is 12.1 Å². The van der Waals surface area contributed by atoms with Crippen molar-refractivity contribution < 1.29 is 19.2 Å². The Bertz CT molecular complexity index is 1010. The highest BCUT2D eigenvalue weighted by atomic mass is 16.2. The second kappa shape index (κ2) is 8.36. The molecule has 30 heavy (non-hydrogen) atoms. The molecule has 1 fully saturated rings. The van der Waals surface area contributed by atoms with Crippen LogP contribution in [0.1, 0.15) is 29.2 Å². The number of hydrogen-bond donors (Lipinski definition) is 3. The molecule has 156 valence electrons. The minimum absolute atomic E-state index is 0.339. The van der Waals surface area contributed by atoms with Gasteiger partial charge in [-0.05, 0) is 43.0 Å². The predicted molar refractivity (Wildman–Crippen MR) is 111 cm³/mol. The molecular weight excluding hydrogens is 384 g/mol. The molecule has 0 saturated carbocycles. The Balaban J connectivity index is 1.99. The first kappa shape index (κ1) is 21.0. The van der Waals surface area contributed by atoms with Crippen molar-refractivity contribution >= 4 is 23.9 Å². The molecule has 1 atom stereocenters. The van der Waals surface area contributed by atoms with E-state index in [1.165, 1.54) is 0 Å². The number of rotatable bonds is 5. The SMILES string of the molecule is CCNC(=O)NC(=O)CN1C(=O)N[C@](c2ccccc2)(c2ccc(C)c(C)c2)C1=O. The van der Waals surface area contributed by atoms with Crippen molar-refractivity contribution in [2.75, 3.05) is 13.1 Å². The standard InChI is InChI=1S/C22H24N4O4/c1-4-23-20(29)24-18(27)13-26-19(28)22(25-21(26)30,16-8-6-5-7-9-16)17-11-10-14(2)15(3)12-17/h5-12H,4,13H2,1-3H3,(H,25,30)(H2,23,24,27,29)/t22-/m1/s1. The molecule has 1 saturated heterocycles. The van der Waals surface area contributed by atoms with Gasteiger partial charge in [0.05, 0.1) is 0 Å². The molecule has 1 aliphatic rings. The van der Waals surface area contributed by atoms with E-state index in [0.29, 0.717) is 17.7 Å². The normalized spacial score (nSPS) is 18.2. The van der Waals surface area contributed by atoms with Gasteiger partial charge in [0.2, 0.25) is 5.91 Å². The maximum Gasteiger partial charge on any atom is 0.326 e. The first-order chi connectivity index (χ1) is 14.3. The largest absolute Gasteiger partial charge is 0.338 e. The van der Waals surface area contributed by atoms with Gasteiger partial charge in [0, 0.05) is 6.54 Å². The molecule has 3 N–H and O–H groups in total. The molecule has 0 unspecified atom stereocenters. The molecule has 1 aliphatic heterocycles. The fourth-order valence-corrected chi connectivity index (χ4v) is 3.45. The third kappa shape index (κ3) is 3.76. The lowest BCUT2D eigenvalue weighted by Crippen LogP contribution is -2.47. The smallest absolute Gasteiger partial charge is 0.326 e. The average molecular weight is 408 g/mol. The quantitative estimate of drug-likeness (QED) is 0.657. The zero-order valence-electron chi connectivity index (χ0n) is 17.1. The van der Waals surface area contributed by atoms with Crippen molar-refractivity contribution in [3.63, 3.8) is 0 Å². The van der Waals surface area contributed by atoms with Gasteiger partial charge in [-0.1, -0.05) is 48.5 Å². The number of nitrogens with zero attached hydrogens (tertiary/aromatic N) is 1. The molecule has 3 rings (SSSR count). The molecule has 0 bridgehead atoms. The summed E-state index contributed by atoms with van der Waals surface area (Å²) >= 11 is 0. The molecule has 1 heterocycles. The summed E-state index contributed by atoms with van der Waals surface area (Å²) in [4.78, 5) is 50.9. The molecule has 2 aromatic rings. The fraction of sp³-hybridized carbons (Fsp3) is 0.273. The second-order valence-electron chi connectivity index (χ2n) is 7.14. The van der Waals surface area contributed by atoms with E-state index in [2.05, 4.69) is 16.0 Å². The van der Waals surface area contributed by atoms with Crippen molar-refractivity contribution in [1.82, 2.24) is 20.9 Å². The Labute approximate surface area is 174 Å². The molecule has 2 aromatic carbocycles. The summed E-state index contributed by atoms with van der Waals surface area (Å²) in [5.41, 5.74) is 1.75. The molecular formula is C22H24N4O4. The van der Waals surface area contributed by atoms with Crippen molar-refractivity contribution in [2.45, 2.75) is 26.3 Å². The summed E-state index contributed by atoms with van der Waals surface area (Å²) < 4.78 is 0. The van der Waals surface area contributed by atoms with Crippen LogP contribution in [0.4, 0.5) is 9.59 Å². The first-order valence-corrected chi connectivity index (χ1v) is 9.64. The van der Waals surface area contributed by atoms with Crippen molar-refractivity contribution in [3.05, 3.63) is 70.8 Å². The van der Waals surface area contributed by atoms with Crippen LogP contribution in [0.15, 0.2) is 48.5 Å². The van der Waals surface area contributed by atoms with Gasteiger partial charge in [0.15, 0.2) is 5.54 Å². The number of urea groups is 2. The van der Waals surface area contributed by atoms with Gasteiger partial charge in [-0.25, -0.2) is 9.59 Å². The molecule has 0 spiro atoms. The van der Waals surface area contributed by atoms with Gasteiger partial charge < -0.3 is 10.6 Å². The molecule has 8 heteroatoms. The fourth-order valence-electron chi connectivity index (χ4n) is 3.45. The van der Waals surface area contributed by atoms with Crippen LogP contribution in [-0.2, 0) is 15.1 Å². The summed E-state index contributed by atoms with van der Waals surface area (Å²) in [6.07, 6.45) is 0. The van der Waals surface area contributed by atoms with Crippen LogP contribution in [0, 0.1) is 13.8 Å². The molecule has 6 amide bonds. The van der Waals surface area contributed by atoms with E-state index in [1.54, 1.807) is 37.3 Å². The van der Waals surface area contributed by atoms with Crippen LogP contribution < -0.4 is 16.0 Å². The Hall–Kier alpha value is -3.68. The minimum Gasteiger partial charge on any atom is -0.338 e. The zero-order chi connectivity index (χ0) is 21.9. The predicted octanol–water partition coefficient (Wildman–Crippen LogP) is 1.94. The number of aryl methyl sites for hydroxylation is 2. The van der Waals surface area contributed by atoms with Crippen molar-refractivity contribution in [1.29, 1.82) is 0 Å². The van der Waals surface area contributed by atoms with E-state index in [4.69, 9.17) is 0 Å². The third-order valence-corrected chi connectivity index (χ3v) is 5.14. The Morgan fingerprint density at radius 2 is 1.70 bits per heavy atom. The highest BCUT2D eigenvalue weighted by molar-refractivity contribution is 6.12. The summed E-state index contributed by atoms with van der Waals surface area (Å²) in [6, 6.07) is 13.0. The minimum atomic E-state index is -1.46. The Morgan fingerprint density at radius 3 is 2.33 bits per heavy atom.